The van der Waals surface area contributed by atoms with Crippen molar-refractivity contribution in [3.8, 4) is 0 Å². The van der Waals surface area contributed by atoms with E-state index < -0.39 is 34.0 Å². The van der Waals surface area contributed by atoms with Gasteiger partial charge in [-0.05, 0) is 61.9 Å². The van der Waals surface area contributed by atoms with Crippen LogP contribution in [0.5, 0.6) is 0 Å². The Hall–Kier alpha value is -1.73. The van der Waals surface area contributed by atoms with Crippen molar-refractivity contribution in [1.29, 1.82) is 0 Å². The van der Waals surface area contributed by atoms with Gasteiger partial charge in [0.05, 0.1) is 19.1 Å². The summed E-state index contributed by atoms with van der Waals surface area (Å²) in [6.45, 7) is 4.16. The van der Waals surface area contributed by atoms with Crippen LogP contribution >= 0.6 is 0 Å². The lowest BCUT2D eigenvalue weighted by atomic mass is 9.41. The fraction of sp³-hybridized carbons (Fsp3) is 0.792. The first-order valence-electron chi connectivity index (χ1n) is 11.5. The third-order valence-electron chi connectivity index (χ3n) is 10.1. The van der Waals surface area contributed by atoms with E-state index in [1.807, 2.05) is 6.92 Å². The molecule has 0 aromatic rings. The van der Waals surface area contributed by atoms with Crippen LogP contribution in [0.15, 0.2) is 11.6 Å². The van der Waals surface area contributed by atoms with Crippen molar-refractivity contribution in [3.05, 3.63) is 11.6 Å². The maximum Gasteiger partial charge on any atom is 0.309 e. The lowest BCUT2D eigenvalue weighted by molar-refractivity contribution is -0.203. The molecular weight excluding hydrogens is 398 g/mol. The van der Waals surface area contributed by atoms with Gasteiger partial charge in [-0.25, -0.2) is 0 Å². The van der Waals surface area contributed by atoms with Gasteiger partial charge < -0.3 is 20.3 Å². The van der Waals surface area contributed by atoms with E-state index in [0.717, 1.165) is 5.57 Å². The number of carbonyl (C=O) groups excluding carboxylic acids is 3. The van der Waals surface area contributed by atoms with E-state index in [9.17, 15) is 19.5 Å². The second-order valence-corrected chi connectivity index (χ2v) is 11.1. The molecule has 1 aliphatic heterocycles. The van der Waals surface area contributed by atoms with Gasteiger partial charge in [0, 0.05) is 23.8 Å². The van der Waals surface area contributed by atoms with Crippen molar-refractivity contribution in [2.45, 2.75) is 82.5 Å². The summed E-state index contributed by atoms with van der Waals surface area (Å²) in [5, 5.41) is 11.6. The Balaban J connectivity index is 1.67. The zero-order valence-corrected chi connectivity index (χ0v) is 18.6. The largest absolute Gasteiger partial charge is 0.469 e. The van der Waals surface area contributed by atoms with Gasteiger partial charge in [-0.15, -0.1) is 0 Å². The summed E-state index contributed by atoms with van der Waals surface area (Å²) >= 11 is 0. The number of allylic oxidation sites excluding steroid dienone is 1. The first-order valence-corrected chi connectivity index (χ1v) is 11.5. The number of ether oxygens (including phenoxy) is 2. The van der Waals surface area contributed by atoms with Crippen molar-refractivity contribution in [1.82, 2.24) is 0 Å². The monoisotopic (exact) mass is 431 g/mol. The fourth-order valence-electron chi connectivity index (χ4n) is 8.41. The summed E-state index contributed by atoms with van der Waals surface area (Å²) in [7, 11) is 1.38. The van der Waals surface area contributed by atoms with Gasteiger partial charge >= 0.3 is 11.9 Å². The van der Waals surface area contributed by atoms with Crippen LogP contribution in [-0.2, 0) is 23.9 Å². The number of hydrogen-bond donors (Lipinski definition) is 2. The van der Waals surface area contributed by atoms with Gasteiger partial charge in [0.25, 0.3) is 0 Å². The number of hydrogen-bond acceptors (Lipinski definition) is 7. The van der Waals surface area contributed by atoms with Crippen LogP contribution in [0.25, 0.3) is 0 Å². The van der Waals surface area contributed by atoms with Gasteiger partial charge in [0.1, 0.15) is 5.60 Å². The van der Waals surface area contributed by atoms with Gasteiger partial charge in [-0.1, -0.05) is 19.4 Å². The lowest BCUT2D eigenvalue weighted by Crippen LogP contribution is -2.73. The lowest BCUT2D eigenvalue weighted by Gasteiger charge is -2.65. The molecular formula is C24H33NO6. The van der Waals surface area contributed by atoms with Crippen LogP contribution in [0, 0.1) is 28.6 Å². The van der Waals surface area contributed by atoms with E-state index >= 15 is 0 Å². The summed E-state index contributed by atoms with van der Waals surface area (Å²) < 4.78 is 11.1. The highest BCUT2D eigenvalue weighted by Gasteiger charge is 2.76. The number of aliphatic hydroxyl groups is 1. The molecule has 5 unspecified atom stereocenters. The van der Waals surface area contributed by atoms with Crippen LogP contribution in [0.3, 0.4) is 0 Å². The van der Waals surface area contributed by atoms with Crippen molar-refractivity contribution in [2.75, 3.05) is 7.11 Å². The second kappa shape index (κ2) is 6.41. The highest BCUT2D eigenvalue weighted by Crippen LogP contribution is 2.71. The minimum absolute atomic E-state index is 0.0739. The molecule has 4 fully saturated rings. The molecule has 0 aromatic carbocycles. The molecule has 8 atom stereocenters. The van der Waals surface area contributed by atoms with Gasteiger partial charge in [0.2, 0.25) is 0 Å². The molecule has 170 valence electrons. The molecule has 0 bridgehead atoms. The Kier molecular flexibility index (Phi) is 4.37. The maximum absolute atomic E-state index is 13.0. The number of rotatable bonds is 1. The van der Waals surface area contributed by atoms with E-state index in [1.165, 1.54) is 7.11 Å². The molecule has 0 amide bonds. The van der Waals surface area contributed by atoms with E-state index in [2.05, 4.69) is 6.92 Å². The van der Waals surface area contributed by atoms with Gasteiger partial charge in [0.15, 0.2) is 5.78 Å². The highest BCUT2D eigenvalue weighted by atomic mass is 16.6. The number of carbonyl (C=O) groups is 3. The smallest absolute Gasteiger partial charge is 0.309 e. The van der Waals surface area contributed by atoms with E-state index in [0.29, 0.717) is 51.4 Å². The summed E-state index contributed by atoms with van der Waals surface area (Å²) in [6, 6.07) is 0. The van der Waals surface area contributed by atoms with Crippen molar-refractivity contribution in [2.24, 2.45) is 34.3 Å². The number of fused-ring (bicyclic) bond motifs is 6. The predicted molar refractivity (Wildman–Crippen MR) is 110 cm³/mol. The van der Waals surface area contributed by atoms with Crippen LogP contribution in [0.1, 0.15) is 65.2 Å². The van der Waals surface area contributed by atoms with Crippen LogP contribution in [0.2, 0.25) is 0 Å². The first kappa shape index (κ1) is 21.1. The third kappa shape index (κ3) is 2.45. The first-order chi connectivity index (χ1) is 14.5. The average molecular weight is 432 g/mol. The zero-order valence-electron chi connectivity index (χ0n) is 18.6. The molecule has 0 aromatic heterocycles. The summed E-state index contributed by atoms with van der Waals surface area (Å²) in [4.78, 5) is 37.4. The number of ketones is 1. The molecule has 7 nitrogen and oxygen atoms in total. The Morgan fingerprint density at radius 3 is 2.55 bits per heavy atom. The predicted octanol–water partition coefficient (Wildman–Crippen LogP) is 2.05. The molecule has 7 heteroatoms. The standard InChI is InChI=1S/C24H33NO6/c1-21-6-4-14(26)10-13(21)11-15(20(29)30-3)18-19(21)16(27)12-22(2)23(7-5-17(28)31-23)8-9-24(18,22)25/h10,15-16,18-19,27H,4-9,11-12,25H2,1-3H3/t15?,16-,18-,19?,21?,22?,23?,24-/m1/s1. The number of aliphatic hydroxyl groups excluding tert-OH is 1. The quantitative estimate of drug-likeness (QED) is 0.610. The molecule has 4 aliphatic carbocycles. The van der Waals surface area contributed by atoms with E-state index in [-0.39, 0.29) is 29.6 Å². The van der Waals surface area contributed by atoms with Crippen LogP contribution in [-0.4, -0.2) is 47.2 Å². The molecule has 1 heterocycles. The third-order valence-corrected chi connectivity index (χ3v) is 10.1. The molecule has 3 saturated carbocycles. The summed E-state index contributed by atoms with van der Waals surface area (Å²) in [6.07, 6.45) is 5.15. The molecule has 5 aliphatic rings. The summed E-state index contributed by atoms with van der Waals surface area (Å²) in [5.74, 6) is -1.59. The Morgan fingerprint density at radius 2 is 1.90 bits per heavy atom. The molecule has 5 rings (SSSR count). The normalized spacial score (nSPS) is 50.9. The molecule has 1 saturated heterocycles. The Labute approximate surface area is 182 Å². The number of esters is 2. The second-order valence-electron chi connectivity index (χ2n) is 11.1. The minimum Gasteiger partial charge on any atom is -0.469 e. The van der Waals surface area contributed by atoms with Crippen molar-refractivity contribution < 1.29 is 29.0 Å². The van der Waals surface area contributed by atoms with Gasteiger partial charge in [-0.3, -0.25) is 14.4 Å². The van der Waals surface area contributed by atoms with Crippen LogP contribution < -0.4 is 5.73 Å². The van der Waals surface area contributed by atoms with E-state index in [1.54, 1.807) is 6.08 Å². The zero-order chi connectivity index (χ0) is 22.4. The van der Waals surface area contributed by atoms with Crippen molar-refractivity contribution in [3.63, 3.8) is 0 Å². The Morgan fingerprint density at radius 1 is 1.16 bits per heavy atom. The van der Waals surface area contributed by atoms with Crippen LogP contribution in [0.4, 0.5) is 0 Å². The maximum atomic E-state index is 13.0. The number of nitrogens with two attached hydrogens (primary N) is 1. The summed E-state index contributed by atoms with van der Waals surface area (Å²) in [5.41, 5.74) is 5.75. The number of methoxy groups -OCH3 is 1. The SMILES string of the molecule is COC(=O)C1CC2=CC(=O)CCC2(C)C2[C@@H]1[C@]1(N)CCC3(CCC(=O)O3)C1(C)C[C@H]2O. The molecule has 3 N–H and O–H groups in total. The molecule has 0 radical (unpaired) electrons. The topological polar surface area (TPSA) is 116 Å². The van der Waals surface area contributed by atoms with Crippen molar-refractivity contribution >= 4 is 17.7 Å². The minimum atomic E-state index is -0.781. The molecule has 1 spiro atoms. The average Bonchev–Trinajstić information content (AvgIpc) is 3.21. The van der Waals surface area contributed by atoms with E-state index in [4.69, 9.17) is 15.2 Å². The fourth-order valence-corrected chi connectivity index (χ4v) is 8.41. The Bertz CT molecular complexity index is 899. The highest BCUT2D eigenvalue weighted by molar-refractivity contribution is 5.92. The molecule has 31 heavy (non-hydrogen) atoms. The van der Waals surface area contributed by atoms with Gasteiger partial charge in [-0.2, -0.15) is 0 Å².